The van der Waals surface area contributed by atoms with Crippen molar-refractivity contribution in [3.05, 3.63) is 145 Å². The Kier molecular flexibility index (Phi) is 5.78. The summed E-state index contributed by atoms with van der Waals surface area (Å²) in [5.41, 5.74) is -0.634. The summed E-state index contributed by atoms with van der Waals surface area (Å²) in [5.74, 6) is -1.91. The molecule has 0 bridgehead atoms. The predicted molar refractivity (Wildman–Crippen MR) is 154 cm³/mol. The molecule has 2 aliphatic rings. The number of anilines is 1. The predicted octanol–water partition coefficient (Wildman–Crippen LogP) is 6.69. The molecule has 0 aliphatic carbocycles. The van der Waals surface area contributed by atoms with Crippen molar-refractivity contribution in [2.45, 2.75) is 18.6 Å². The molecule has 2 amide bonds. The molecule has 1 spiro atoms. The van der Waals surface area contributed by atoms with Crippen molar-refractivity contribution < 1.29 is 18.4 Å². The molecule has 7 rings (SSSR count). The topological polar surface area (TPSA) is 70.8 Å². The molecule has 4 aromatic carbocycles. The first-order chi connectivity index (χ1) is 19.8. The van der Waals surface area contributed by atoms with E-state index < -0.39 is 28.6 Å². The average Bonchev–Trinajstić information content (AvgIpc) is 3.36. The third-order valence-electron chi connectivity index (χ3n) is 7.77. The summed E-state index contributed by atoms with van der Waals surface area (Å²) in [5, 5.41) is 0.834. The minimum atomic E-state index is -1.88. The van der Waals surface area contributed by atoms with Crippen molar-refractivity contribution in [2.24, 2.45) is 0 Å². The Labute approximate surface area is 243 Å². The summed E-state index contributed by atoms with van der Waals surface area (Å²) in [6, 6.07) is 24.6. The number of carbonyl (C=O) groups excluding carboxylic acids is 2. The van der Waals surface area contributed by atoms with Gasteiger partial charge in [-0.3, -0.25) is 14.4 Å². The van der Waals surface area contributed by atoms with E-state index in [4.69, 9.17) is 27.6 Å². The van der Waals surface area contributed by atoms with E-state index in [2.05, 4.69) is 0 Å². The number of para-hydroxylation sites is 1. The highest BCUT2D eigenvalue weighted by Gasteiger charge is 2.65. The third-order valence-corrected chi connectivity index (χ3v) is 8.37. The maximum absolute atomic E-state index is 14.8. The van der Waals surface area contributed by atoms with Gasteiger partial charge in [0.25, 0.3) is 11.8 Å². The van der Waals surface area contributed by atoms with E-state index in [1.165, 1.54) is 28.0 Å². The van der Waals surface area contributed by atoms with Gasteiger partial charge in [-0.15, -0.1) is 0 Å². The van der Waals surface area contributed by atoms with Crippen LogP contribution in [-0.4, -0.2) is 16.7 Å². The molecule has 0 fully saturated rings. The standard InChI is InChI=1S/C32H19Cl2FN2O4/c33-20-13-14-26-21(15-20)28(38)27-29(41-26)30(39)37(17-18-7-1-4-10-23(18)34)32(27)22-9-3-6-12-25(22)36(31(32)40)16-19-8-2-5-11-24(19)35/h1-15H,16-17H2. The molecule has 1 unspecified atom stereocenters. The number of benzene rings is 4. The lowest BCUT2D eigenvalue weighted by molar-refractivity contribution is -0.126. The molecule has 202 valence electrons. The largest absolute Gasteiger partial charge is 0.450 e. The Balaban J connectivity index is 1.53. The first-order valence-electron chi connectivity index (χ1n) is 12.8. The van der Waals surface area contributed by atoms with Gasteiger partial charge in [0.15, 0.2) is 11.0 Å². The Morgan fingerprint density at radius 3 is 2.29 bits per heavy atom. The second kappa shape index (κ2) is 9.29. The van der Waals surface area contributed by atoms with Crippen molar-refractivity contribution in [1.82, 2.24) is 4.90 Å². The zero-order valence-electron chi connectivity index (χ0n) is 21.2. The molecule has 0 saturated heterocycles. The van der Waals surface area contributed by atoms with Gasteiger partial charge in [0, 0.05) is 27.7 Å². The number of halogens is 3. The molecule has 2 aliphatic heterocycles. The number of fused-ring (bicyclic) bond motifs is 5. The van der Waals surface area contributed by atoms with E-state index in [0.717, 1.165) is 0 Å². The average molecular weight is 585 g/mol. The molecule has 6 nitrogen and oxygen atoms in total. The summed E-state index contributed by atoms with van der Waals surface area (Å²) in [6.07, 6.45) is 0. The summed E-state index contributed by atoms with van der Waals surface area (Å²) in [7, 11) is 0. The number of carbonyl (C=O) groups is 2. The lowest BCUT2D eigenvalue weighted by Gasteiger charge is -2.34. The summed E-state index contributed by atoms with van der Waals surface area (Å²) < 4.78 is 20.9. The van der Waals surface area contributed by atoms with Gasteiger partial charge in [-0.05, 0) is 42.0 Å². The molecule has 9 heteroatoms. The minimum Gasteiger partial charge on any atom is -0.450 e. The first-order valence-corrected chi connectivity index (χ1v) is 13.5. The second-order valence-electron chi connectivity index (χ2n) is 9.97. The molecule has 1 atom stereocenters. The highest BCUT2D eigenvalue weighted by molar-refractivity contribution is 6.31. The van der Waals surface area contributed by atoms with Gasteiger partial charge in [0.1, 0.15) is 11.4 Å². The van der Waals surface area contributed by atoms with Crippen molar-refractivity contribution in [3.8, 4) is 0 Å². The molecule has 0 radical (unpaired) electrons. The van der Waals surface area contributed by atoms with Crippen LogP contribution in [0.2, 0.25) is 10.0 Å². The first kappa shape index (κ1) is 25.5. The molecular weight excluding hydrogens is 566 g/mol. The zero-order valence-corrected chi connectivity index (χ0v) is 22.7. The summed E-state index contributed by atoms with van der Waals surface area (Å²) in [4.78, 5) is 46.0. The Hall–Kier alpha value is -4.46. The van der Waals surface area contributed by atoms with Crippen LogP contribution in [0.25, 0.3) is 11.0 Å². The van der Waals surface area contributed by atoms with Crippen molar-refractivity contribution >= 4 is 51.7 Å². The van der Waals surface area contributed by atoms with Crippen LogP contribution in [0.1, 0.15) is 32.8 Å². The highest BCUT2D eigenvalue weighted by atomic mass is 35.5. The highest BCUT2D eigenvalue weighted by Crippen LogP contribution is 2.53. The minimum absolute atomic E-state index is 0.0904. The van der Waals surface area contributed by atoms with Crippen LogP contribution in [0, 0.1) is 5.82 Å². The van der Waals surface area contributed by atoms with Crippen LogP contribution in [0.3, 0.4) is 0 Å². The lowest BCUT2D eigenvalue weighted by Crippen LogP contribution is -2.53. The van der Waals surface area contributed by atoms with Gasteiger partial charge in [-0.1, -0.05) is 77.8 Å². The Morgan fingerprint density at radius 1 is 0.805 bits per heavy atom. The van der Waals surface area contributed by atoms with E-state index >= 15 is 0 Å². The maximum atomic E-state index is 14.8. The van der Waals surface area contributed by atoms with E-state index in [9.17, 15) is 18.8 Å². The van der Waals surface area contributed by atoms with Crippen LogP contribution in [0.15, 0.2) is 100 Å². The maximum Gasteiger partial charge on any atom is 0.291 e. The number of rotatable bonds is 4. The van der Waals surface area contributed by atoms with Crippen molar-refractivity contribution in [2.75, 3.05) is 4.90 Å². The second-order valence-corrected chi connectivity index (χ2v) is 10.8. The van der Waals surface area contributed by atoms with Gasteiger partial charge in [0.05, 0.1) is 23.2 Å². The fourth-order valence-electron chi connectivity index (χ4n) is 5.94. The molecule has 3 heterocycles. The molecule has 5 aromatic rings. The molecule has 0 N–H and O–H groups in total. The van der Waals surface area contributed by atoms with Gasteiger partial charge in [-0.25, -0.2) is 4.39 Å². The fraction of sp³-hybridized carbons (Fsp3) is 0.0938. The van der Waals surface area contributed by atoms with Crippen molar-refractivity contribution in [1.29, 1.82) is 0 Å². The van der Waals surface area contributed by atoms with E-state index in [-0.39, 0.29) is 40.9 Å². The number of nitrogens with zero attached hydrogens (tertiary/aromatic N) is 2. The van der Waals surface area contributed by atoms with Crippen LogP contribution in [0.5, 0.6) is 0 Å². The molecule has 41 heavy (non-hydrogen) atoms. The normalized spacial score (nSPS) is 17.5. The van der Waals surface area contributed by atoms with Crippen LogP contribution < -0.4 is 10.3 Å². The van der Waals surface area contributed by atoms with Gasteiger partial charge in [0.2, 0.25) is 5.76 Å². The van der Waals surface area contributed by atoms with E-state index in [0.29, 0.717) is 26.9 Å². The van der Waals surface area contributed by atoms with E-state index in [1.807, 2.05) is 0 Å². The lowest BCUT2D eigenvalue weighted by atomic mass is 9.83. The molecule has 0 saturated carbocycles. The Bertz CT molecular complexity index is 1990. The van der Waals surface area contributed by atoms with Crippen LogP contribution in [0.4, 0.5) is 10.1 Å². The SMILES string of the molecule is O=C1c2oc3ccc(Cl)cc3c(=O)c2C2(C(=O)N(Cc3ccccc3F)c3ccccc32)N1Cc1ccccc1Cl. The summed E-state index contributed by atoms with van der Waals surface area (Å²) in [6.45, 7) is -0.203. The third kappa shape index (κ3) is 3.59. The van der Waals surface area contributed by atoms with Gasteiger partial charge < -0.3 is 14.2 Å². The van der Waals surface area contributed by atoms with Crippen LogP contribution in [-0.2, 0) is 23.4 Å². The summed E-state index contributed by atoms with van der Waals surface area (Å²) >= 11 is 12.7. The number of hydrogen-bond acceptors (Lipinski definition) is 4. The van der Waals surface area contributed by atoms with Gasteiger partial charge >= 0.3 is 0 Å². The smallest absolute Gasteiger partial charge is 0.291 e. The number of amides is 2. The van der Waals surface area contributed by atoms with Gasteiger partial charge in [-0.2, -0.15) is 0 Å². The Morgan fingerprint density at radius 2 is 1.51 bits per heavy atom. The van der Waals surface area contributed by atoms with E-state index in [1.54, 1.807) is 72.8 Å². The quantitative estimate of drug-likeness (QED) is 0.236. The zero-order chi connectivity index (χ0) is 28.5. The molecular formula is C32H19Cl2FN2O4. The van der Waals surface area contributed by atoms with Crippen LogP contribution >= 0.6 is 23.2 Å². The fourth-order valence-corrected chi connectivity index (χ4v) is 6.30. The monoisotopic (exact) mass is 584 g/mol. The number of hydrogen-bond donors (Lipinski definition) is 0. The molecule has 1 aromatic heterocycles. The van der Waals surface area contributed by atoms with Crippen molar-refractivity contribution in [3.63, 3.8) is 0 Å².